The Labute approximate surface area is 132 Å². The van der Waals surface area contributed by atoms with Gasteiger partial charge in [-0.05, 0) is 46.6 Å². The maximum Gasteiger partial charge on any atom is 0.336 e. The van der Waals surface area contributed by atoms with Gasteiger partial charge >= 0.3 is 5.97 Å². The highest BCUT2D eigenvalue weighted by molar-refractivity contribution is 9.11. The fourth-order valence-electron chi connectivity index (χ4n) is 1.85. The SMILES string of the molecule is Cc1cc(-c2nnc(-c3ccccc3C(=O)O)o2)sc1Br. The third-order valence-corrected chi connectivity index (χ3v) is 5.01. The van der Waals surface area contributed by atoms with Crippen LogP contribution >= 0.6 is 27.3 Å². The Kier molecular flexibility index (Phi) is 3.60. The number of hydrogen-bond donors (Lipinski definition) is 1. The maximum atomic E-state index is 11.2. The molecule has 1 N–H and O–H groups in total. The number of benzene rings is 1. The number of carboxylic acid groups (broad SMARTS) is 1. The Morgan fingerprint density at radius 2 is 2.00 bits per heavy atom. The van der Waals surface area contributed by atoms with Gasteiger partial charge in [0.2, 0.25) is 5.89 Å². The molecule has 0 unspecified atom stereocenters. The van der Waals surface area contributed by atoms with Crippen LogP contribution in [0.5, 0.6) is 0 Å². The standard InChI is InChI=1S/C14H9BrN2O3S/c1-7-6-10(21-11(7)15)13-17-16-12(20-13)8-4-2-3-5-9(8)14(18)19/h2-6H,1H3,(H,18,19). The van der Waals surface area contributed by atoms with Gasteiger partial charge in [-0.25, -0.2) is 4.79 Å². The summed E-state index contributed by atoms with van der Waals surface area (Å²) in [5.41, 5.74) is 1.63. The minimum atomic E-state index is -1.03. The minimum Gasteiger partial charge on any atom is -0.478 e. The van der Waals surface area contributed by atoms with Crippen LogP contribution in [0.1, 0.15) is 15.9 Å². The van der Waals surface area contributed by atoms with Crippen LogP contribution < -0.4 is 0 Å². The van der Waals surface area contributed by atoms with Crippen LogP contribution in [0.3, 0.4) is 0 Å². The Morgan fingerprint density at radius 1 is 1.29 bits per heavy atom. The van der Waals surface area contributed by atoms with Crippen LogP contribution in [-0.4, -0.2) is 21.3 Å². The summed E-state index contributed by atoms with van der Waals surface area (Å²) in [7, 11) is 0. The van der Waals surface area contributed by atoms with E-state index < -0.39 is 5.97 Å². The molecule has 0 spiro atoms. The normalized spacial score (nSPS) is 10.8. The van der Waals surface area contributed by atoms with Crippen LogP contribution in [0.15, 0.2) is 38.5 Å². The number of carbonyl (C=O) groups is 1. The first-order valence-electron chi connectivity index (χ1n) is 5.99. The van der Waals surface area contributed by atoms with Gasteiger partial charge in [-0.15, -0.1) is 21.5 Å². The molecule has 0 atom stereocenters. The van der Waals surface area contributed by atoms with Crippen LogP contribution in [0.2, 0.25) is 0 Å². The molecule has 0 amide bonds. The predicted octanol–water partition coefficient (Wildman–Crippen LogP) is 4.23. The smallest absolute Gasteiger partial charge is 0.336 e. The first-order valence-corrected chi connectivity index (χ1v) is 7.59. The zero-order chi connectivity index (χ0) is 15.0. The van der Waals surface area contributed by atoms with Gasteiger partial charge in [0, 0.05) is 0 Å². The molecular formula is C14H9BrN2O3S. The van der Waals surface area contributed by atoms with Crippen molar-refractivity contribution in [3.63, 3.8) is 0 Å². The molecule has 0 aliphatic heterocycles. The van der Waals surface area contributed by atoms with Crippen LogP contribution in [0.4, 0.5) is 0 Å². The predicted molar refractivity (Wildman–Crippen MR) is 82.4 cm³/mol. The summed E-state index contributed by atoms with van der Waals surface area (Å²) in [6.45, 7) is 1.97. The quantitative estimate of drug-likeness (QED) is 0.752. The molecule has 0 bridgehead atoms. The highest BCUT2D eigenvalue weighted by Crippen LogP contribution is 2.35. The second kappa shape index (κ2) is 5.42. The topological polar surface area (TPSA) is 76.2 Å². The fraction of sp³-hybridized carbons (Fsp3) is 0.0714. The number of rotatable bonds is 3. The number of hydrogen-bond acceptors (Lipinski definition) is 5. The van der Waals surface area contributed by atoms with Gasteiger partial charge in [0.1, 0.15) is 0 Å². The molecule has 0 saturated heterocycles. The summed E-state index contributed by atoms with van der Waals surface area (Å²) < 4.78 is 6.62. The molecule has 0 aliphatic carbocycles. The van der Waals surface area contributed by atoms with Crippen molar-refractivity contribution < 1.29 is 14.3 Å². The summed E-state index contributed by atoms with van der Waals surface area (Å²) in [4.78, 5) is 12.1. The van der Waals surface area contributed by atoms with Crippen LogP contribution in [-0.2, 0) is 0 Å². The number of aromatic carboxylic acids is 1. The monoisotopic (exact) mass is 364 g/mol. The largest absolute Gasteiger partial charge is 0.478 e. The minimum absolute atomic E-state index is 0.135. The van der Waals surface area contributed by atoms with Crippen LogP contribution in [0, 0.1) is 6.92 Å². The zero-order valence-electron chi connectivity index (χ0n) is 10.8. The number of aromatic nitrogens is 2. The van der Waals surface area contributed by atoms with E-state index in [-0.39, 0.29) is 11.5 Å². The molecule has 1 aromatic carbocycles. The summed E-state index contributed by atoms with van der Waals surface area (Å²) in [5.74, 6) is -0.450. The van der Waals surface area contributed by atoms with Gasteiger partial charge < -0.3 is 9.52 Å². The van der Waals surface area contributed by atoms with Crippen molar-refractivity contribution in [1.82, 2.24) is 10.2 Å². The van der Waals surface area contributed by atoms with Crippen molar-refractivity contribution in [3.05, 3.63) is 45.2 Å². The van der Waals surface area contributed by atoms with Gasteiger partial charge in [-0.2, -0.15) is 0 Å². The first-order chi connectivity index (χ1) is 10.1. The lowest BCUT2D eigenvalue weighted by molar-refractivity contribution is 0.0697. The maximum absolute atomic E-state index is 11.2. The molecule has 0 saturated carbocycles. The molecule has 0 aliphatic rings. The lowest BCUT2D eigenvalue weighted by Crippen LogP contribution is -1.98. The van der Waals surface area contributed by atoms with Crippen LogP contribution in [0.25, 0.3) is 22.2 Å². The Morgan fingerprint density at radius 3 is 2.67 bits per heavy atom. The second-order valence-electron chi connectivity index (χ2n) is 4.33. The number of nitrogens with zero attached hydrogens (tertiary/aromatic N) is 2. The zero-order valence-corrected chi connectivity index (χ0v) is 13.2. The number of thiophene rings is 1. The van der Waals surface area contributed by atoms with Crippen molar-refractivity contribution in [2.75, 3.05) is 0 Å². The number of halogens is 1. The van der Waals surface area contributed by atoms with Gasteiger partial charge in [-0.1, -0.05) is 12.1 Å². The van der Waals surface area contributed by atoms with Gasteiger partial charge in [0.05, 0.1) is 19.8 Å². The molecule has 3 rings (SSSR count). The average Bonchev–Trinajstić information content (AvgIpc) is 3.07. The Bertz CT molecular complexity index is 806. The van der Waals surface area contributed by atoms with Crippen molar-refractivity contribution in [1.29, 1.82) is 0 Å². The molecule has 21 heavy (non-hydrogen) atoms. The summed E-state index contributed by atoms with van der Waals surface area (Å²) >= 11 is 4.94. The second-order valence-corrected chi connectivity index (χ2v) is 6.70. The van der Waals surface area contributed by atoms with E-state index in [2.05, 4.69) is 26.1 Å². The van der Waals surface area contributed by atoms with E-state index in [1.165, 1.54) is 17.4 Å². The molecular weight excluding hydrogens is 356 g/mol. The highest BCUT2D eigenvalue weighted by atomic mass is 79.9. The molecule has 0 fully saturated rings. The van der Waals surface area contributed by atoms with E-state index in [0.29, 0.717) is 11.5 Å². The highest BCUT2D eigenvalue weighted by Gasteiger charge is 2.18. The van der Waals surface area contributed by atoms with Gasteiger partial charge in [-0.3, -0.25) is 0 Å². The first kappa shape index (κ1) is 14.0. The van der Waals surface area contributed by atoms with E-state index >= 15 is 0 Å². The average molecular weight is 365 g/mol. The van der Waals surface area contributed by atoms with Gasteiger partial charge in [0.25, 0.3) is 5.89 Å². The summed E-state index contributed by atoms with van der Waals surface area (Å²) in [6, 6.07) is 8.49. The Hall–Kier alpha value is -1.99. The van der Waals surface area contributed by atoms with E-state index in [0.717, 1.165) is 14.2 Å². The third-order valence-electron chi connectivity index (χ3n) is 2.88. The van der Waals surface area contributed by atoms with Crippen molar-refractivity contribution in [2.24, 2.45) is 0 Å². The molecule has 2 heterocycles. The lowest BCUT2D eigenvalue weighted by Gasteiger charge is -1.99. The molecule has 3 aromatic rings. The van der Waals surface area contributed by atoms with E-state index in [1.807, 2.05) is 13.0 Å². The van der Waals surface area contributed by atoms with Crippen molar-refractivity contribution in [2.45, 2.75) is 6.92 Å². The summed E-state index contributed by atoms with van der Waals surface area (Å²) in [5, 5.41) is 17.2. The van der Waals surface area contributed by atoms with Crippen molar-refractivity contribution >= 4 is 33.2 Å². The molecule has 5 nitrogen and oxygen atoms in total. The molecule has 0 radical (unpaired) electrons. The molecule has 106 valence electrons. The molecule has 7 heteroatoms. The third kappa shape index (κ3) is 2.62. The van der Waals surface area contributed by atoms with E-state index in [9.17, 15) is 9.90 Å². The van der Waals surface area contributed by atoms with E-state index in [1.54, 1.807) is 18.2 Å². The lowest BCUT2D eigenvalue weighted by atomic mass is 10.1. The Balaban J connectivity index is 2.05. The van der Waals surface area contributed by atoms with Gasteiger partial charge in [0.15, 0.2) is 0 Å². The molecule has 2 aromatic heterocycles. The number of carboxylic acids is 1. The number of aryl methyl sites for hydroxylation is 1. The summed E-state index contributed by atoms with van der Waals surface area (Å²) in [6.07, 6.45) is 0. The fourth-order valence-corrected chi connectivity index (χ4v) is 3.31. The van der Waals surface area contributed by atoms with E-state index in [4.69, 9.17) is 4.42 Å². The van der Waals surface area contributed by atoms with Crippen molar-refractivity contribution in [3.8, 4) is 22.2 Å².